The minimum Gasteiger partial charge on any atom is -0.452 e. The Hall–Kier alpha value is -2.01. The molecule has 2 fully saturated rings. The van der Waals surface area contributed by atoms with Crippen LogP contribution in [-0.4, -0.2) is 35.3 Å². The molecule has 2 heterocycles. The normalized spacial score (nSPS) is 40.2. The maximum atomic E-state index is 12.2. The predicted molar refractivity (Wildman–Crippen MR) is 71.3 cm³/mol. The number of hydrogen-bond acceptors (Lipinski definition) is 5. The van der Waals surface area contributed by atoms with E-state index < -0.39 is 23.8 Å². The van der Waals surface area contributed by atoms with E-state index in [1.807, 2.05) is 13.0 Å². The van der Waals surface area contributed by atoms with Gasteiger partial charge in [0.1, 0.15) is 6.10 Å². The highest BCUT2D eigenvalue weighted by atomic mass is 16.7. The highest BCUT2D eigenvalue weighted by Gasteiger charge is 2.73. The van der Waals surface area contributed by atoms with Crippen molar-refractivity contribution in [1.82, 2.24) is 0 Å². The molecule has 0 aromatic heterocycles. The number of fused-ring (bicyclic) bond motifs is 1. The number of carbonyl (C=O) groups is 3. The Morgan fingerprint density at radius 1 is 1.19 bits per heavy atom. The number of hydrogen-bond donors (Lipinski definition) is 0. The van der Waals surface area contributed by atoms with Crippen molar-refractivity contribution in [2.24, 2.45) is 0 Å². The lowest BCUT2D eigenvalue weighted by molar-refractivity contribution is -0.152. The fraction of sp³-hybridized carbons (Fsp3) is 0.438. The van der Waals surface area contributed by atoms with Crippen molar-refractivity contribution in [3.8, 4) is 0 Å². The molecule has 5 heteroatoms. The number of carbonyl (C=O) groups excluding carboxylic acids is 3. The van der Waals surface area contributed by atoms with Crippen LogP contribution in [0.4, 0.5) is 0 Å². The number of allylic oxidation sites excluding steroid dienone is 5. The van der Waals surface area contributed by atoms with E-state index in [9.17, 15) is 14.4 Å². The second kappa shape index (κ2) is 4.01. The molecule has 4 rings (SSSR count). The average molecular weight is 286 g/mol. The van der Waals surface area contributed by atoms with E-state index in [0.29, 0.717) is 30.4 Å². The maximum Gasteiger partial charge on any atom is 0.342 e. The molecule has 2 aliphatic carbocycles. The summed E-state index contributed by atoms with van der Waals surface area (Å²) in [5.74, 6) is -0.860. The molecular weight excluding hydrogens is 272 g/mol. The Morgan fingerprint density at radius 3 is 2.71 bits per heavy atom. The number of esters is 1. The summed E-state index contributed by atoms with van der Waals surface area (Å²) in [6.07, 6.45) is 5.05. The van der Waals surface area contributed by atoms with E-state index in [1.165, 1.54) is 12.2 Å². The van der Waals surface area contributed by atoms with Crippen LogP contribution < -0.4 is 0 Å². The first-order valence-corrected chi connectivity index (χ1v) is 7.07. The van der Waals surface area contributed by atoms with E-state index >= 15 is 0 Å². The van der Waals surface area contributed by atoms with Crippen molar-refractivity contribution in [3.63, 3.8) is 0 Å². The lowest BCUT2D eigenvalue weighted by atomic mass is 9.84. The molecule has 2 bridgehead atoms. The van der Waals surface area contributed by atoms with Crippen molar-refractivity contribution in [2.45, 2.75) is 44.0 Å². The van der Waals surface area contributed by atoms with Gasteiger partial charge in [-0.15, -0.1) is 0 Å². The van der Waals surface area contributed by atoms with Gasteiger partial charge in [0.25, 0.3) is 0 Å². The molecule has 21 heavy (non-hydrogen) atoms. The Kier molecular flexibility index (Phi) is 2.43. The first-order chi connectivity index (χ1) is 10.0. The molecule has 5 nitrogen and oxygen atoms in total. The largest absolute Gasteiger partial charge is 0.452 e. The van der Waals surface area contributed by atoms with Crippen LogP contribution in [0.2, 0.25) is 0 Å². The van der Waals surface area contributed by atoms with E-state index in [-0.39, 0.29) is 11.6 Å². The molecule has 4 aliphatic rings. The van der Waals surface area contributed by atoms with E-state index in [0.717, 1.165) is 5.57 Å². The second-order valence-electron chi connectivity index (χ2n) is 5.97. The van der Waals surface area contributed by atoms with Crippen LogP contribution >= 0.6 is 0 Å². The Labute approximate surface area is 121 Å². The molecule has 0 aromatic carbocycles. The topological polar surface area (TPSA) is 73.0 Å². The summed E-state index contributed by atoms with van der Waals surface area (Å²) >= 11 is 0. The van der Waals surface area contributed by atoms with Gasteiger partial charge in [-0.1, -0.05) is 11.6 Å². The van der Waals surface area contributed by atoms with Gasteiger partial charge in [0.15, 0.2) is 23.3 Å². The fourth-order valence-corrected chi connectivity index (χ4v) is 3.46. The molecular formula is C16H14O5. The molecule has 108 valence electrons. The molecule has 0 radical (unpaired) electrons. The van der Waals surface area contributed by atoms with Crippen LogP contribution in [0.3, 0.4) is 0 Å². The van der Waals surface area contributed by atoms with Gasteiger partial charge in [0.05, 0.1) is 5.57 Å². The van der Waals surface area contributed by atoms with Gasteiger partial charge in [-0.25, -0.2) is 4.79 Å². The monoisotopic (exact) mass is 286 g/mol. The first kappa shape index (κ1) is 12.7. The molecule has 0 saturated carbocycles. The van der Waals surface area contributed by atoms with Crippen LogP contribution in [0.25, 0.3) is 0 Å². The quantitative estimate of drug-likeness (QED) is 0.289. The zero-order chi connectivity index (χ0) is 14.8. The van der Waals surface area contributed by atoms with Crippen molar-refractivity contribution in [3.05, 3.63) is 34.9 Å². The zero-order valence-electron chi connectivity index (χ0n) is 11.5. The molecule has 0 N–H and O–H groups in total. The van der Waals surface area contributed by atoms with Crippen molar-refractivity contribution >= 4 is 17.5 Å². The Morgan fingerprint density at radius 2 is 1.95 bits per heavy atom. The second-order valence-corrected chi connectivity index (χ2v) is 5.97. The minimum absolute atomic E-state index is 0.188. The van der Waals surface area contributed by atoms with Crippen LogP contribution in [0, 0.1) is 0 Å². The summed E-state index contributed by atoms with van der Waals surface area (Å²) in [4.78, 5) is 36.5. The van der Waals surface area contributed by atoms with Crippen LogP contribution in [0.5, 0.6) is 0 Å². The van der Waals surface area contributed by atoms with Gasteiger partial charge < -0.3 is 9.47 Å². The third-order valence-electron chi connectivity index (χ3n) is 4.62. The number of rotatable bonds is 0. The maximum absolute atomic E-state index is 12.2. The van der Waals surface area contributed by atoms with E-state index in [2.05, 4.69) is 0 Å². The smallest absolute Gasteiger partial charge is 0.342 e. The van der Waals surface area contributed by atoms with Gasteiger partial charge in [0.2, 0.25) is 0 Å². The lowest BCUT2D eigenvalue weighted by Crippen LogP contribution is -2.29. The molecule has 2 aliphatic heterocycles. The fourth-order valence-electron chi connectivity index (χ4n) is 3.46. The third-order valence-corrected chi connectivity index (χ3v) is 4.62. The SMILES string of the molecule is C/C1=C\CC[C@]23O[C@H]2[C@@H](OC3=O)C2=C(C1)C(=O)C=CC2=O. The van der Waals surface area contributed by atoms with Crippen LogP contribution in [-0.2, 0) is 23.9 Å². The van der Waals surface area contributed by atoms with Crippen LogP contribution in [0.15, 0.2) is 34.9 Å². The van der Waals surface area contributed by atoms with Gasteiger partial charge >= 0.3 is 5.97 Å². The molecule has 0 amide bonds. The third kappa shape index (κ3) is 1.64. The molecule has 0 spiro atoms. The van der Waals surface area contributed by atoms with Crippen molar-refractivity contribution in [1.29, 1.82) is 0 Å². The number of ether oxygens (including phenoxy) is 2. The van der Waals surface area contributed by atoms with Crippen LogP contribution in [0.1, 0.15) is 26.2 Å². The minimum atomic E-state index is -0.901. The van der Waals surface area contributed by atoms with Crippen molar-refractivity contribution in [2.75, 3.05) is 0 Å². The summed E-state index contributed by atoms with van der Waals surface area (Å²) in [5, 5.41) is 0. The predicted octanol–water partition coefficient (Wildman–Crippen LogP) is 1.18. The molecule has 2 saturated heterocycles. The Bertz CT molecular complexity index is 681. The van der Waals surface area contributed by atoms with Gasteiger partial charge in [-0.3, -0.25) is 9.59 Å². The summed E-state index contributed by atoms with van der Waals surface area (Å²) < 4.78 is 11.0. The van der Waals surface area contributed by atoms with E-state index in [1.54, 1.807) is 0 Å². The highest BCUT2D eigenvalue weighted by Crippen LogP contribution is 2.53. The van der Waals surface area contributed by atoms with E-state index in [4.69, 9.17) is 9.47 Å². The zero-order valence-corrected chi connectivity index (χ0v) is 11.5. The van der Waals surface area contributed by atoms with Gasteiger partial charge in [0, 0.05) is 5.57 Å². The summed E-state index contributed by atoms with van der Waals surface area (Å²) in [6.45, 7) is 1.93. The average Bonchev–Trinajstić information content (AvgIpc) is 3.11. The molecule has 0 unspecified atom stereocenters. The van der Waals surface area contributed by atoms with Gasteiger partial charge in [-0.05, 0) is 38.3 Å². The van der Waals surface area contributed by atoms with Gasteiger partial charge in [-0.2, -0.15) is 0 Å². The lowest BCUT2D eigenvalue weighted by Gasteiger charge is -2.20. The molecule has 3 atom stereocenters. The number of epoxide rings is 1. The Balaban J connectivity index is 1.87. The first-order valence-electron chi connectivity index (χ1n) is 7.07. The number of ketones is 2. The summed E-state index contributed by atoms with van der Waals surface area (Å²) in [6, 6.07) is 0. The summed E-state index contributed by atoms with van der Waals surface area (Å²) in [5.41, 5.74) is 0.847. The van der Waals surface area contributed by atoms with Crippen molar-refractivity contribution < 1.29 is 23.9 Å². The summed E-state index contributed by atoms with van der Waals surface area (Å²) in [7, 11) is 0. The molecule has 0 aromatic rings. The standard InChI is InChI=1S/C16H14O5/c1-8-3-2-6-16-14(21-16)13(20-15(16)19)12-9(7-8)10(17)4-5-11(12)18/h3-5,13-14H,2,6-7H2,1H3/b8-3+/t13-,14-,16-/m0/s1. The highest BCUT2D eigenvalue weighted by molar-refractivity contribution is 6.21.